The van der Waals surface area contributed by atoms with E-state index in [1.807, 2.05) is 17.5 Å². The van der Waals surface area contributed by atoms with E-state index in [1.54, 1.807) is 24.5 Å². The van der Waals surface area contributed by atoms with Crippen LogP contribution in [0.5, 0.6) is 0 Å². The summed E-state index contributed by atoms with van der Waals surface area (Å²) in [7, 11) is 0. The molecule has 1 amide bonds. The van der Waals surface area contributed by atoms with E-state index >= 15 is 0 Å². The highest BCUT2D eigenvalue weighted by atomic mass is 32.1. The second kappa shape index (κ2) is 7.17. The van der Waals surface area contributed by atoms with Crippen molar-refractivity contribution >= 4 is 17.2 Å². The standard InChI is InChI=1S/C16H15N3O3S/c20-13(14-4-2-6-22-14)9-18-15(21)7-12-10-23-16(19-12)11-3-1-5-17-8-11/h1-6,8,10,13,20H,7,9H2,(H,18,21). The Morgan fingerprint density at radius 3 is 3.04 bits per heavy atom. The van der Waals surface area contributed by atoms with Crippen LogP contribution in [0, 0.1) is 0 Å². The summed E-state index contributed by atoms with van der Waals surface area (Å²) in [5.74, 6) is 0.233. The van der Waals surface area contributed by atoms with Gasteiger partial charge in [0.1, 0.15) is 16.9 Å². The van der Waals surface area contributed by atoms with Gasteiger partial charge in [-0.15, -0.1) is 11.3 Å². The molecule has 3 aromatic heterocycles. The third-order valence-corrected chi connectivity index (χ3v) is 4.11. The molecule has 0 aromatic carbocycles. The van der Waals surface area contributed by atoms with Crippen LogP contribution in [-0.4, -0.2) is 27.5 Å². The quantitative estimate of drug-likeness (QED) is 0.724. The Morgan fingerprint density at radius 2 is 2.30 bits per heavy atom. The first-order valence-electron chi connectivity index (χ1n) is 7.05. The number of nitrogens with zero attached hydrogens (tertiary/aromatic N) is 2. The van der Waals surface area contributed by atoms with Crippen molar-refractivity contribution < 1.29 is 14.3 Å². The maximum absolute atomic E-state index is 11.9. The highest BCUT2D eigenvalue weighted by Crippen LogP contribution is 2.22. The lowest BCUT2D eigenvalue weighted by molar-refractivity contribution is -0.121. The van der Waals surface area contributed by atoms with Gasteiger partial charge in [-0.1, -0.05) is 0 Å². The summed E-state index contributed by atoms with van der Waals surface area (Å²) in [6.45, 7) is 0.103. The monoisotopic (exact) mass is 329 g/mol. The number of rotatable bonds is 6. The van der Waals surface area contributed by atoms with Crippen LogP contribution in [0.25, 0.3) is 10.6 Å². The van der Waals surface area contributed by atoms with Crippen LogP contribution >= 0.6 is 11.3 Å². The van der Waals surface area contributed by atoms with Crippen molar-refractivity contribution in [1.29, 1.82) is 0 Å². The molecule has 0 fully saturated rings. The summed E-state index contributed by atoms with van der Waals surface area (Å²) in [5, 5.41) is 15.2. The first-order chi connectivity index (χ1) is 11.2. The average molecular weight is 329 g/mol. The lowest BCUT2D eigenvalue weighted by atomic mass is 10.2. The van der Waals surface area contributed by atoms with Gasteiger partial charge >= 0.3 is 0 Å². The number of hydrogen-bond acceptors (Lipinski definition) is 6. The predicted octanol–water partition coefficient (Wildman–Crippen LogP) is 2.19. The number of aromatic nitrogens is 2. The molecule has 1 unspecified atom stereocenters. The van der Waals surface area contributed by atoms with E-state index in [9.17, 15) is 9.90 Å². The van der Waals surface area contributed by atoms with Crippen molar-refractivity contribution in [2.45, 2.75) is 12.5 Å². The van der Waals surface area contributed by atoms with Crippen LogP contribution in [0.4, 0.5) is 0 Å². The average Bonchev–Trinajstić information content (AvgIpc) is 3.25. The number of pyridine rings is 1. The Hall–Kier alpha value is -2.51. The number of amides is 1. The van der Waals surface area contributed by atoms with Gasteiger partial charge in [0.2, 0.25) is 5.91 Å². The molecule has 23 heavy (non-hydrogen) atoms. The Kier molecular flexibility index (Phi) is 4.80. The van der Waals surface area contributed by atoms with Crippen molar-refractivity contribution in [3.8, 4) is 10.6 Å². The zero-order valence-electron chi connectivity index (χ0n) is 12.2. The minimum Gasteiger partial charge on any atom is -0.467 e. The van der Waals surface area contributed by atoms with E-state index in [0.29, 0.717) is 11.5 Å². The zero-order valence-corrected chi connectivity index (χ0v) is 13.0. The van der Waals surface area contributed by atoms with Crippen LogP contribution in [0.15, 0.2) is 52.7 Å². The molecule has 0 saturated carbocycles. The molecule has 3 rings (SSSR count). The summed E-state index contributed by atoms with van der Waals surface area (Å²) >= 11 is 1.47. The fourth-order valence-corrected chi connectivity index (χ4v) is 2.84. The molecule has 0 spiro atoms. The number of carbonyl (C=O) groups is 1. The lowest BCUT2D eigenvalue weighted by Gasteiger charge is -2.08. The van der Waals surface area contributed by atoms with Gasteiger partial charge in [0.15, 0.2) is 0 Å². The molecular formula is C16H15N3O3S. The van der Waals surface area contributed by atoms with E-state index in [-0.39, 0.29) is 18.9 Å². The number of nitrogens with one attached hydrogen (secondary N) is 1. The van der Waals surface area contributed by atoms with Gasteiger partial charge in [-0.3, -0.25) is 9.78 Å². The van der Waals surface area contributed by atoms with Crippen LogP contribution < -0.4 is 5.32 Å². The smallest absolute Gasteiger partial charge is 0.226 e. The Morgan fingerprint density at radius 1 is 1.39 bits per heavy atom. The zero-order chi connectivity index (χ0) is 16.1. The molecule has 0 saturated heterocycles. The van der Waals surface area contributed by atoms with Crippen LogP contribution in [-0.2, 0) is 11.2 Å². The van der Waals surface area contributed by atoms with Crippen molar-refractivity contribution in [2.24, 2.45) is 0 Å². The number of aliphatic hydroxyl groups is 1. The molecule has 0 radical (unpaired) electrons. The minimum absolute atomic E-state index is 0.103. The molecule has 0 aliphatic rings. The highest BCUT2D eigenvalue weighted by Gasteiger charge is 2.13. The second-order valence-corrected chi connectivity index (χ2v) is 5.76. The molecule has 7 heteroatoms. The van der Waals surface area contributed by atoms with Gasteiger partial charge in [-0.2, -0.15) is 0 Å². The Labute approximate surface area is 136 Å². The largest absolute Gasteiger partial charge is 0.467 e. The van der Waals surface area contributed by atoms with Gasteiger partial charge < -0.3 is 14.8 Å². The molecule has 118 valence electrons. The highest BCUT2D eigenvalue weighted by molar-refractivity contribution is 7.13. The molecule has 2 N–H and O–H groups in total. The van der Waals surface area contributed by atoms with Gasteiger partial charge in [0.05, 0.1) is 24.9 Å². The molecule has 0 bridgehead atoms. The first kappa shape index (κ1) is 15.4. The number of furan rings is 1. The number of hydrogen-bond donors (Lipinski definition) is 2. The Balaban J connectivity index is 1.53. The summed E-state index contributed by atoms with van der Waals surface area (Å²) < 4.78 is 5.08. The minimum atomic E-state index is -0.852. The summed E-state index contributed by atoms with van der Waals surface area (Å²) in [6.07, 6.45) is 4.24. The second-order valence-electron chi connectivity index (χ2n) is 4.90. The van der Waals surface area contributed by atoms with Gasteiger partial charge in [-0.25, -0.2) is 4.98 Å². The third-order valence-electron chi connectivity index (χ3n) is 3.17. The number of aliphatic hydroxyl groups excluding tert-OH is 1. The fraction of sp³-hybridized carbons (Fsp3) is 0.188. The molecule has 0 aliphatic heterocycles. The van der Waals surface area contributed by atoms with Crippen molar-refractivity contribution in [2.75, 3.05) is 6.54 Å². The van der Waals surface area contributed by atoms with Crippen LogP contribution in [0.2, 0.25) is 0 Å². The third kappa shape index (κ3) is 4.02. The topological polar surface area (TPSA) is 88.2 Å². The predicted molar refractivity (Wildman–Crippen MR) is 85.7 cm³/mol. The molecule has 0 aliphatic carbocycles. The first-order valence-corrected chi connectivity index (χ1v) is 7.93. The molecule has 3 heterocycles. The Bertz CT molecular complexity index is 756. The summed E-state index contributed by atoms with van der Waals surface area (Å²) in [6, 6.07) is 7.13. The fourth-order valence-electron chi connectivity index (χ4n) is 2.03. The van der Waals surface area contributed by atoms with Gasteiger partial charge in [0, 0.05) is 23.3 Å². The van der Waals surface area contributed by atoms with E-state index in [4.69, 9.17) is 4.42 Å². The van der Waals surface area contributed by atoms with Crippen molar-refractivity contribution in [3.05, 3.63) is 59.8 Å². The molecule has 1 atom stereocenters. The maximum atomic E-state index is 11.9. The molecule has 3 aromatic rings. The van der Waals surface area contributed by atoms with Crippen LogP contribution in [0.3, 0.4) is 0 Å². The van der Waals surface area contributed by atoms with E-state index in [1.165, 1.54) is 17.6 Å². The van der Waals surface area contributed by atoms with Crippen LogP contribution in [0.1, 0.15) is 17.6 Å². The van der Waals surface area contributed by atoms with E-state index in [0.717, 1.165) is 10.6 Å². The van der Waals surface area contributed by atoms with Gasteiger partial charge in [-0.05, 0) is 24.3 Å². The maximum Gasteiger partial charge on any atom is 0.226 e. The normalized spacial score (nSPS) is 12.0. The van der Waals surface area contributed by atoms with E-state index in [2.05, 4.69) is 15.3 Å². The molecular weight excluding hydrogens is 314 g/mol. The number of thiazole rings is 1. The lowest BCUT2D eigenvalue weighted by Crippen LogP contribution is -2.29. The van der Waals surface area contributed by atoms with Gasteiger partial charge in [0.25, 0.3) is 0 Å². The molecule has 6 nitrogen and oxygen atoms in total. The van der Waals surface area contributed by atoms with Crippen molar-refractivity contribution in [3.63, 3.8) is 0 Å². The summed E-state index contributed by atoms with van der Waals surface area (Å²) in [5.41, 5.74) is 1.62. The SMILES string of the molecule is O=C(Cc1csc(-c2cccnc2)n1)NCC(O)c1ccco1. The number of carbonyl (C=O) groups excluding carboxylic acids is 1. The summed E-state index contributed by atoms with van der Waals surface area (Å²) in [4.78, 5) is 20.4. The van der Waals surface area contributed by atoms with Crippen molar-refractivity contribution in [1.82, 2.24) is 15.3 Å². The van der Waals surface area contributed by atoms with E-state index < -0.39 is 6.10 Å².